The average Bonchev–Trinajstić information content (AvgIpc) is 2.65. The van der Waals surface area contributed by atoms with Gasteiger partial charge in [0, 0.05) is 14.5 Å². The fourth-order valence-corrected chi connectivity index (χ4v) is 3.72. The smallest absolute Gasteiger partial charge is 0.121 e. The van der Waals surface area contributed by atoms with E-state index in [2.05, 4.69) is 31.8 Å². The molecule has 1 fully saturated rings. The van der Waals surface area contributed by atoms with Crippen molar-refractivity contribution in [1.29, 1.82) is 0 Å². The summed E-state index contributed by atoms with van der Waals surface area (Å²) >= 11 is 0. The van der Waals surface area contributed by atoms with Gasteiger partial charge in [-0.25, -0.2) is 9.78 Å². The second-order valence-corrected chi connectivity index (χ2v) is 11.2. The lowest BCUT2D eigenvalue weighted by Crippen LogP contribution is -2.26. The Morgan fingerprint density at radius 2 is 1.81 bits per heavy atom. The summed E-state index contributed by atoms with van der Waals surface area (Å²) in [4.78, 5) is 10.9. The molecule has 1 aliphatic heterocycles. The summed E-state index contributed by atoms with van der Waals surface area (Å²) in [5.41, 5.74) is 1.22. The van der Waals surface area contributed by atoms with Crippen LogP contribution in [0, 0.1) is 0 Å². The van der Waals surface area contributed by atoms with Crippen LogP contribution in [0.3, 0.4) is 0 Å². The van der Waals surface area contributed by atoms with E-state index >= 15 is 0 Å². The fourth-order valence-electron chi connectivity index (χ4n) is 2.12. The minimum absolute atomic E-state index is 0.127. The third-order valence-electron chi connectivity index (χ3n) is 2.80. The molecule has 2 unspecified atom stereocenters. The molecule has 88 valence electrons. The predicted octanol–water partition coefficient (Wildman–Crippen LogP) is 3.79. The van der Waals surface area contributed by atoms with E-state index in [0.717, 1.165) is 6.42 Å². The number of hydrogen-bond acceptors (Lipinski definition) is 2. The van der Waals surface area contributed by atoms with Gasteiger partial charge in [0.15, 0.2) is 0 Å². The molecular formula is C13H20O2Si. The number of rotatable bonds is 3. The van der Waals surface area contributed by atoms with Crippen LogP contribution in [0.25, 0.3) is 0 Å². The predicted molar refractivity (Wildman–Crippen MR) is 67.9 cm³/mol. The monoisotopic (exact) mass is 236 g/mol. The van der Waals surface area contributed by atoms with Crippen molar-refractivity contribution in [1.82, 2.24) is 0 Å². The molecule has 0 spiro atoms. The lowest BCUT2D eigenvalue weighted by atomic mass is 10.1. The van der Waals surface area contributed by atoms with Gasteiger partial charge in [-0.05, 0) is 11.6 Å². The van der Waals surface area contributed by atoms with Crippen LogP contribution in [0.15, 0.2) is 30.3 Å². The highest BCUT2D eigenvalue weighted by atomic mass is 28.3. The van der Waals surface area contributed by atoms with Crippen LogP contribution in [0.1, 0.15) is 18.1 Å². The third kappa shape index (κ3) is 3.17. The molecule has 2 atom stereocenters. The summed E-state index contributed by atoms with van der Waals surface area (Å²) in [5.74, 6) is 0. The normalized spacial score (nSPS) is 25.9. The summed E-state index contributed by atoms with van der Waals surface area (Å²) < 4.78 is 0. The Kier molecular flexibility index (Phi) is 3.47. The van der Waals surface area contributed by atoms with Gasteiger partial charge in [-0.1, -0.05) is 50.0 Å². The Morgan fingerprint density at radius 1 is 1.12 bits per heavy atom. The van der Waals surface area contributed by atoms with Crippen molar-refractivity contribution in [3.05, 3.63) is 35.9 Å². The van der Waals surface area contributed by atoms with Crippen molar-refractivity contribution >= 4 is 8.07 Å². The molecule has 2 nitrogen and oxygen atoms in total. The van der Waals surface area contributed by atoms with Gasteiger partial charge in [0.2, 0.25) is 0 Å². The standard InChI is InChI=1S/C13H20O2Si/c1-16(2,3)10-12-9-13(15-14-12)11-7-5-4-6-8-11/h4-8,12-13H,9-10H2,1-3H3. The van der Waals surface area contributed by atoms with Gasteiger partial charge in [-0.3, -0.25) is 0 Å². The second-order valence-electron chi connectivity index (χ2n) is 5.71. The largest absolute Gasteiger partial charge is 0.233 e. The van der Waals surface area contributed by atoms with E-state index in [1.54, 1.807) is 0 Å². The quantitative estimate of drug-likeness (QED) is 0.587. The zero-order valence-electron chi connectivity index (χ0n) is 10.3. The van der Waals surface area contributed by atoms with Crippen LogP contribution < -0.4 is 0 Å². The van der Waals surface area contributed by atoms with E-state index in [4.69, 9.17) is 9.78 Å². The van der Waals surface area contributed by atoms with E-state index in [-0.39, 0.29) is 12.2 Å². The molecule has 0 aliphatic carbocycles. The molecule has 2 rings (SSSR count). The topological polar surface area (TPSA) is 18.5 Å². The molecule has 1 heterocycles. The fraction of sp³-hybridized carbons (Fsp3) is 0.538. The molecule has 1 aromatic rings. The van der Waals surface area contributed by atoms with Gasteiger partial charge in [0.25, 0.3) is 0 Å². The Hall–Kier alpha value is -0.643. The van der Waals surface area contributed by atoms with Crippen LogP contribution in [-0.4, -0.2) is 14.2 Å². The van der Waals surface area contributed by atoms with Crippen molar-refractivity contribution in [2.45, 2.75) is 44.3 Å². The van der Waals surface area contributed by atoms with Crippen LogP contribution in [0.5, 0.6) is 0 Å². The Labute approximate surface area is 98.5 Å². The van der Waals surface area contributed by atoms with Gasteiger partial charge >= 0.3 is 0 Å². The summed E-state index contributed by atoms with van der Waals surface area (Å²) in [5, 5.41) is 0. The van der Waals surface area contributed by atoms with E-state index < -0.39 is 8.07 Å². The van der Waals surface area contributed by atoms with Crippen molar-refractivity contribution in [2.24, 2.45) is 0 Å². The molecule has 0 radical (unpaired) electrons. The third-order valence-corrected chi connectivity index (χ3v) is 4.48. The first kappa shape index (κ1) is 11.8. The van der Waals surface area contributed by atoms with Gasteiger partial charge in [0.05, 0.1) is 6.10 Å². The number of benzene rings is 1. The molecule has 3 heteroatoms. The Balaban J connectivity index is 1.94. The van der Waals surface area contributed by atoms with Gasteiger partial charge in [-0.2, -0.15) is 0 Å². The minimum atomic E-state index is -1.06. The molecule has 1 saturated heterocycles. The maximum atomic E-state index is 5.43. The lowest BCUT2D eigenvalue weighted by Gasteiger charge is -2.18. The first-order valence-electron chi connectivity index (χ1n) is 5.92. The van der Waals surface area contributed by atoms with Crippen LogP contribution >= 0.6 is 0 Å². The van der Waals surface area contributed by atoms with Crippen molar-refractivity contribution in [2.75, 3.05) is 0 Å². The SMILES string of the molecule is C[Si](C)(C)CC1CC(c2ccccc2)OO1. The maximum Gasteiger partial charge on any atom is 0.121 e. The van der Waals surface area contributed by atoms with Gasteiger partial charge in [0.1, 0.15) is 6.10 Å². The molecule has 0 bridgehead atoms. The van der Waals surface area contributed by atoms with Crippen molar-refractivity contribution in [3.8, 4) is 0 Å². The van der Waals surface area contributed by atoms with Crippen LogP contribution in [-0.2, 0) is 9.78 Å². The first-order chi connectivity index (χ1) is 7.54. The second kappa shape index (κ2) is 4.70. The molecule has 0 saturated carbocycles. The van der Waals surface area contributed by atoms with E-state index in [1.807, 2.05) is 18.2 Å². The molecule has 0 N–H and O–H groups in total. The van der Waals surface area contributed by atoms with Gasteiger partial charge < -0.3 is 0 Å². The average molecular weight is 236 g/mol. The lowest BCUT2D eigenvalue weighted by molar-refractivity contribution is -0.295. The van der Waals surface area contributed by atoms with Crippen LogP contribution in [0.4, 0.5) is 0 Å². The molecule has 16 heavy (non-hydrogen) atoms. The Morgan fingerprint density at radius 3 is 2.44 bits per heavy atom. The molecular weight excluding hydrogens is 216 g/mol. The minimum Gasteiger partial charge on any atom is -0.233 e. The highest BCUT2D eigenvalue weighted by Crippen LogP contribution is 2.34. The molecule has 0 amide bonds. The van der Waals surface area contributed by atoms with E-state index in [1.165, 1.54) is 11.6 Å². The van der Waals surface area contributed by atoms with Gasteiger partial charge in [-0.15, -0.1) is 0 Å². The van der Waals surface area contributed by atoms with E-state index in [0.29, 0.717) is 0 Å². The zero-order chi connectivity index (χ0) is 11.6. The Bertz CT molecular complexity index is 332. The summed E-state index contributed by atoms with van der Waals surface area (Å²) in [7, 11) is -1.06. The summed E-state index contributed by atoms with van der Waals surface area (Å²) in [6.07, 6.45) is 1.41. The van der Waals surface area contributed by atoms with Crippen LogP contribution in [0.2, 0.25) is 25.7 Å². The van der Waals surface area contributed by atoms with E-state index in [9.17, 15) is 0 Å². The molecule has 1 aromatic carbocycles. The van der Waals surface area contributed by atoms with Crippen molar-refractivity contribution < 1.29 is 9.78 Å². The first-order valence-corrected chi connectivity index (χ1v) is 9.62. The zero-order valence-corrected chi connectivity index (χ0v) is 11.3. The maximum absolute atomic E-state index is 5.43. The summed E-state index contributed by atoms with van der Waals surface area (Å²) in [6, 6.07) is 11.5. The molecule has 1 aliphatic rings. The summed E-state index contributed by atoms with van der Waals surface area (Å²) in [6.45, 7) is 7.10. The highest BCUT2D eigenvalue weighted by molar-refractivity contribution is 6.76. The number of hydrogen-bond donors (Lipinski definition) is 0. The highest BCUT2D eigenvalue weighted by Gasteiger charge is 2.32. The molecule has 0 aromatic heterocycles. The van der Waals surface area contributed by atoms with Crippen molar-refractivity contribution in [3.63, 3.8) is 0 Å².